The quantitative estimate of drug-likeness (QED) is 0.487. The number of pyridine rings is 1. The van der Waals surface area contributed by atoms with Gasteiger partial charge in [-0.25, -0.2) is 0 Å². The van der Waals surface area contributed by atoms with Crippen molar-refractivity contribution in [2.45, 2.75) is 57.0 Å². The summed E-state index contributed by atoms with van der Waals surface area (Å²) < 4.78 is 6.76. The normalized spacial score (nSPS) is 22.9. The van der Waals surface area contributed by atoms with E-state index >= 15 is 0 Å². The van der Waals surface area contributed by atoms with Crippen molar-refractivity contribution in [3.8, 4) is 0 Å². The molecule has 0 radical (unpaired) electrons. The number of nitrogens with zero attached hydrogens (tertiary/aromatic N) is 2. The highest BCUT2D eigenvalue weighted by molar-refractivity contribution is 9.10. The summed E-state index contributed by atoms with van der Waals surface area (Å²) in [4.78, 5) is 19.9. The number of ether oxygens (including phenoxy) is 1. The Morgan fingerprint density at radius 2 is 1.97 bits per heavy atom. The predicted octanol–water partition coefficient (Wildman–Crippen LogP) is 5.78. The van der Waals surface area contributed by atoms with Crippen molar-refractivity contribution in [2.75, 3.05) is 32.8 Å². The first-order valence-electron chi connectivity index (χ1n) is 12.7. The molecule has 2 aromatic rings. The van der Waals surface area contributed by atoms with Gasteiger partial charge in [-0.05, 0) is 95.3 Å². The average Bonchev–Trinajstić information content (AvgIpc) is 3.01. The number of rotatable bonds is 5. The lowest BCUT2D eigenvalue weighted by Gasteiger charge is -2.37. The first kappa shape index (κ1) is 25.5. The van der Waals surface area contributed by atoms with E-state index in [1.165, 1.54) is 16.7 Å². The molecule has 188 valence electrons. The number of hydrogen-bond donors (Lipinski definition) is 1. The van der Waals surface area contributed by atoms with Gasteiger partial charge in [0, 0.05) is 59.2 Å². The Balaban J connectivity index is 1.29. The highest BCUT2D eigenvalue weighted by Gasteiger charge is 2.36. The molecule has 8 heteroatoms. The molecule has 0 spiro atoms. The first-order valence-corrected chi connectivity index (χ1v) is 14.3. The van der Waals surface area contributed by atoms with E-state index in [2.05, 4.69) is 33.4 Å². The van der Waals surface area contributed by atoms with Crippen LogP contribution < -0.4 is 5.32 Å². The minimum absolute atomic E-state index is 0.119. The summed E-state index contributed by atoms with van der Waals surface area (Å²) in [6.07, 6.45) is 8.25. The van der Waals surface area contributed by atoms with Crippen LogP contribution in [-0.2, 0) is 22.4 Å². The third-order valence-corrected chi connectivity index (χ3v) is 8.67. The highest BCUT2D eigenvalue weighted by Crippen LogP contribution is 2.46. The number of nitrogens with one attached hydrogen (secondary N) is 1. The van der Waals surface area contributed by atoms with Gasteiger partial charge in [0.15, 0.2) is 0 Å². The maximum atomic E-state index is 12.9. The molecule has 2 saturated heterocycles. The largest absolute Gasteiger partial charge is 0.376 e. The van der Waals surface area contributed by atoms with E-state index in [4.69, 9.17) is 32.9 Å². The van der Waals surface area contributed by atoms with Crippen LogP contribution in [0, 0.1) is 5.92 Å². The average molecular weight is 581 g/mol. The van der Waals surface area contributed by atoms with Gasteiger partial charge in [-0.3, -0.25) is 9.78 Å². The number of aryl methyl sites for hydroxylation is 2. The molecule has 2 aliphatic heterocycles. The third-order valence-electron chi connectivity index (χ3n) is 7.70. The topological polar surface area (TPSA) is 54.5 Å². The van der Waals surface area contributed by atoms with E-state index in [-0.39, 0.29) is 17.9 Å². The van der Waals surface area contributed by atoms with Gasteiger partial charge in [0.2, 0.25) is 5.91 Å². The van der Waals surface area contributed by atoms with Crippen LogP contribution in [0.5, 0.6) is 0 Å². The molecule has 5 rings (SSSR count). The number of benzene rings is 1. The second kappa shape index (κ2) is 11.5. The van der Waals surface area contributed by atoms with Crippen LogP contribution in [0.1, 0.15) is 60.4 Å². The van der Waals surface area contributed by atoms with E-state index < -0.39 is 0 Å². The minimum Gasteiger partial charge on any atom is -0.376 e. The lowest BCUT2D eigenvalue weighted by molar-refractivity contribution is -0.132. The van der Waals surface area contributed by atoms with Crippen LogP contribution in [0.4, 0.5) is 0 Å². The molecule has 1 amide bonds. The lowest BCUT2D eigenvalue weighted by atomic mass is 9.76. The maximum Gasteiger partial charge on any atom is 0.222 e. The van der Waals surface area contributed by atoms with Gasteiger partial charge in [-0.2, -0.15) is 0 Å². The van der Waals surface area contributed by atoms with Gasteiger partial charge in [0.25, 0.3) is 0 Å². The number of fused-ring (bicyclic) bond motifs is 2. The molecule has 0 bridgehead atoms. The fourth-order valence-electron chi connectivity index (χ4n) is 5.96. The zero-order valence-electron chi connectivity index (χ0n) is 19.9. The molecule has 5 nitrogen and oxygen atoms in total. The van der Waals surface area contributed by atoms with Crippen molar-refractivity contribution >= 4 is 45.0 Å². The summed E-state index contributed by atoms with van der Waals surface area (Å²) in [7, 11) is 0. The molecule has 0 saturated carbocycles. The van der Waals surface area contributed by atoms with E-state index in [9.17, 15) is 4.79 Å². The first-order chi connectivity index (χ1) is 17.0. The van der Waals surface area contributed by atoms with Crippen molar-refractivity contribution in [1.82, 2.24) is 15.2 Å². The fraction of sp³-hybridized carbons (Fsp3) is 0.556. The van der Waals surface area contributed by atoms with E-state index in [1.807, 2.05) is 17.2 Å². The van der Waals surface area contributed by atoms with Gasteiger partial charge in [0.1, 0.15) is 0 Å². The fourth-order valence-corrected chi connectivity index (χ4v) is 6.99. The van der Waals surface area contributed by atoms with Gasteiger partial charge in [0.05, 0.1) is 18.4 Å². The summed E-state index contributed by atoms with van der Waals surface area (Å²) in [5.74, 6) is 0.762. The predicted molar refractivity (Wildman–Crippen MR) is 143 cm³/mol. The van der Waals surface area contributed by atoms with Crippen LogP contribution >= 0.6 is 39.1 Å². The number of carbonyl (C=O) groups is 1. The Morgan fingerprint density at radius 3 is 2.74 bits per heavy atom. The van der Waals surface area contributed by atoms with Crippen molar-refractivity contribution in [2.24, 2.45) is 5.92 Å². The molecule has 1 aromatic carbocycles. The molecular formula is C27H32BrCl2N3O2. The molecule has 1 aromatic heterocycles. The molecule has 1 aliphatic carbocycles. The summed E-state index contributed by atoms with van der Waals surface area (Å²) >= 11 is 16.8. The molecule has 2 fully saturated rings. The van der Waals surface area contributed by atoms with Crippen LogP contribution in [0.15, 0.2) is 28.9 Å². The zero-order valence-corrected chi connectivity index (χ0v) is 23.0. The number of amides is 1. The zero-order chi connectivity index (χ0) is 24.4. The van der Waals surface area contributed by atoms with E-state index in [0.29, 0.717) is 17.4 Å². The Labute approximate surface area is 226 Å². The molecule has 2 unspecified atom stereocenters. The van der Waals surface area contributed by atoms with Gasteiger partial charge < -0.3 is 15.0 Å². The van der Waals surface area contributed by atoms with Crippen molar-refractivity contribution in [3.63, 3.8) is 0 Å². The minimum atomic E-state index is 0.119. The van der Waals surface area contributed by atoms with Crippen molar-refractivity contribution < 1.29 is 9.53 Å². The number of likely N-dealkylation sites (tertiary alicyclic amines) is 1. The van der Waals surface area contributed by atoms with E-state index in [1.54, 1.807) is 0 Å². The van der Waals surface area contributed by atoms with Crippen LogP contribution in [0.2, 0.25) is 10.0 Å². The smallest absolute Gasteiger partial charge is 0.222 e. The summed E-state index contributed by atoms with van der Waals surface area (Å²) in [5, 5.41) is 4.77. The summed E-state index contributed by atoms with van der Waals surface area (Å²) in [6.45, 7) is 4.15. The molecule has 3 heterocycles. The summed E-state index contributed by atoms with van der Waals surface area (Å²) in [6, 6.07) is 6.13. The Kier molecular flexibility index (Phi) is 8.35. The van der Waals surface area contributed by atoms with Crippen LogP contribution in [-0.4, -0.2) is 54.7 Å². The molecule has 2 atom stereocenters. The van der Waals surface area contributed by atoms with E-state index in [0.717, 1.165) is 86.5 Å². The van der Waals surface area contributed by atoms with Crippen molar-refractivity contribution in [3.05, 3.63) is 61.3 Å². The molecule has 3 aliphatic rings. The second-order valence-corrected chi connectivity index (χ2v) is 11.7. The highest BCUT2D eigenvalue weighted by atomic mass is 79.9. The standard InChI is InChI=1S/C27H32BrCl2N3O2/c28-20-12-19-5-4-18-13-21(29)14-23(30)25(18)26(27(19)32-15-20)17-6-9-33(10-7-17)24(34)3-1-2-22-16-31-8-11-35-22/h12-15,17,22,26,31H,1-11,16H2. The van der Waals surface area contributed by atoms with Crippen LogP contribution in [0.3, 0.4) is 0 Å². The number of halogens is 3. The number of carbonyl (C=O) groups excluding carboxylic acids is 1. The van der Waals surface area contributed by atoms with Gasteiger partial charge in [-0.15, -0.1) is 0 Å². The Morgan fingerprint density at radius 1 is 1.17 bits per heavy atom. The Bertz CT molecular complexity index is 1070. The molecular weight excluding hydrogens is 549 g/mol. The summed E-state index contributed by atoms with van der Waals surface area (Å²) in [5.41, 5.74) is 4.79. The van der Waals surface area contributed by atoms with Gasteiger partial charge >= 0.3 is 0 Å². The van der Waals surface area contributed by atoms with Gasteiger partial charge in [-0.1, -0.05) is 23.2 Å². The molecule has 35 heavy (non-hydrogen) atoms. The number of aromatic nitrogens is 1. The van der Waals surface area contributed by atoms with Crippen LogP contribution in [0.25, 0.3) is 0 Å². The lowest BCUT2D eigenvalue weighted by Crippen LogP contribution is -2.40. The molecule has 1 N–H and O–H groups in total. The SMILES string of the molecule is O=C(CCCC1CNCCO1)N1CCC(C2c3ncc(Br)cc3CCc3cc(Cl)cc(Cl)c32)CC1. The maximum absolute atomic E-state index is 12.9. The Hall–Kier alpha value is -1.18. The third kappa shape index (κ3) is 5.88. The number of morpholine rings is 1. The number of hydrogen-bond acceptors (Lipinski definition) is 4. The monoisotopic (exact) mass is 579 g/mol. The van der Waals surface area contributed by atoms with Crippen molar-refractivity contribution in [1.29, 1.82) is 0 Å². The number of piperidine rings is 1. The second-order valence-electron chi connectivity index (χ2n) is 9.94.